The van der Waals surface area contributed by atoms with Crippen LogP contribution in [-0.4, -0.2) is 42.7 Å². The Hall–Kier alpha value is -3.09. The van der Waals surface area contributed by atoms with Crippen molar-refractivity contribution in [3.8, 4) is 5.75 Å². The van der Waals surface area contributed by atoms with Gasteiger partial charge in [-0.05, 0) is 50.6 Å². The van der Waals surface area contributed by atoms with Crippen molar-refractivity contribution in [2.24, 2.45) is 0 Å². The molecule has 2 aromatic rings. The molecule has 0 unspecified atom stereocenters. The maximum absolute atomic E-state index is 14.9. The first-order chi connectivity index (χ1) is 14.1. The van der Waals surface area contributed by atoms with E-state index in [0.717, 1.165) is 11.3 Å². The van der Waals surface area contributed by atoms with Crippen molar-refractivity contribution in [3.63, 3.8) is 0 Å². The van der Waals surface area contributed by atoms with Crippen LogP contribution in [0.15, 0.2) is 42.5 Å². The average molecular weight is 412 g/mol. The molecule has 0 saturated carbocycles. The van der Waals surface area contributed by atoms with Crippen LogP contribution in [-0.2, 0) is 21.5 Å². The topological polar surface area (TPSA) is 59.1 Å². The summed E-state index contributed by atoms with van der Waals surface area (Å²) in [4.78, 5) is 28.9. The number of fused-ring (bicyclic) bond motifs is 2. The van der Waals surface area contributed by atoms with Crippen molar-refractivity contribution >= 4 is 17.7 Å². The molecule has 0 radical (unpaired) electrons. The van der Waals surface area contributed by atoms with Crippen LogP contribution < -0.4 is 9.64 Å². The summed E-state index contributed by atoms with van der Waals surface area (Å²) in [5.41, 5.74) is 0.121. The molecule has 1 fully saturated rings. The van der Waals surface area contributed by atoms with Gasteiger partial charge in [0, 0.05) is 18.7 Å². The molecule has 2 aliphatic heterocycles. The van der Waals surface area contributed by atoms with Crippen molar-refractivity contribution in [1.29, 1.82) is 0 Å². The van der Waals surface area contributed by atoms with E-state index in [1.54, 1.807) is 44.9 Å². The minimum Gasteiger partial charge on any atom is -0.497 e. The lowest BCUT2D eigenvalue weighted by atomic mass is 9.74. The second kappa shape index (κ2) is 7.00. The van der Waals surface area contributed by atoms with Crippen LogP contribution in [0.1, 0.15) is 31.9 Å². The summed E-state index contributed by atoms with van der Waals surface area (Å²) in [5, 5.41) is 0. The number of hydrogen-bond acceptors (Lipinski definition) is 4. The smallest absolute Gasteiger partial charge is 0.410 e. The molecule has 158 valence electrons. The van der Waals surface area contributed by atoms with E-state index in [1.165, 1.54) is 11.0 Å². The summed E-state index contributed by atoms with van der Waals surface area (Å²) in [6.07, 6.45) is -0.493. The molecule has 1 saturated heterocycles. The molecular weight excluding hydrogens is 387 g/mol. The standard InChI is InChI=1S/C23H25FN2O4/c1-22(2,3)30-21(28)25-13-23(14-25)19-17(24)6-5-7-18(19)26(20(23)27)12-15-8-10-16(29-4)11-9-15/h5-11H,12-14H2,1-4H3. The number of nitrogens with zero attached hydrogens (tertiary/aromatic N) is 2. The largest absolute Gasteiger partial charge is 0.497 e. The second-order valence-electron chi connectivity index (χ2n) is 8.79. The maximum Gasteiger partial charge on any atom is 0.410 e. The van der Waals surface area contributed by atoms with Crippen molar-refractivity contribution < 1.29 is 23.5 Å². The van der Waals surface area contributed by atoms with Crippen molar-refractivity contribution in [1.82, 2.24) is 4.90 Å². The summed E-state index contributed by atoms with van der Waals surface area (Å²) in [7, 11) is 1.59. The number of likely N-dealkylation sites (tertiary alicyclic amines) is 1. The quantitative estimate of drug-likeness (QED) is 0.768. The van der Waals surface area contributed by atoms with Gasteiger partial charge in [-0.15, -0.1) is 0 Å². The first-order valence-electron chi connectivity index (χ1n) is 9.86. The van der Waals surface area contributed by atoms with Crippen LogP contribution in [0.4, 0.5) is 14.9 Å². The maximum atomic E-state index is 14.9. The Bertz CT molecular complexity index is 991. The Morgan fingerprint density at radius 3 is 2.40 bits per heavy atom. The zero-order valence-electron chi connectivity index (χ0n) is 17.6. The molecule has 0 aliphatic carbocycles. The minimum atomic E-state index is -1.07. The Morgan fingerprint density at radius 2 is 1.80 bits per heavy atom. The van der Waals surface area contributed by atoms with Gasteiger partial charge in [-0.25, -0.2) is 9.18 Å². The SMILES string of the molecule is COc1ccc(CN2C(=O)C3(CN(C(=O)OC(C)(C)C)C3)c3c(F)cccc32)cc1. The van der Waals surface area contributed by atoms with Gasteiger partial charge in [-0.1, -0.05) is 18.2 Å². The predicted octanol–water partition coefficient (Wildman–Crippen LogP) is 3.87. The van der Waals surface area contributed by atoms with Gasteiger partial charge in [0.15, 0.2) is 0 Å². The first-order valence-corrected chi connectivity index (χ1v) is 9.86. The Balaban J connectivity index is 1.61. The molecule has 2 aromatic carbocycles. The highest BCUT2D eigenvalue weighted by atomic mass is 19.1. The minimum absolute atomic E-state index is 0.105. The summed E-state index contributed by atoms with van der Waals surface area (Å²) < 4.78 is 25.4. The van der Waals surface area contributed by atoms with Gasteiger partial charge in [0.25, 0.3) is 0 Å². The zero-order chi connectivity index (χ0) is 21.7. The number of amides is 2. The number of rotatable bonds is 3. The molecule has 0 N–H and O–H groups in total. The Kier molecular flexibility index (Phi) is 4.71. The van der Waals surface area contributed by atoms with Crippen molar-refractivity contribution in [2.75, 3.05) is 25.1 Å². The molecule has 0 aromatic heterocycles. The van der Waals surface area contributed by atoms with Crippen molar-refractivity contribution in [3.05, 3.63) is 59.4 Å². The number of ether oxygens (including phenoxy) is 2. The van der Waals surface area contributed by atoms with E-state index in [1.807, 2.05) is 24.3 Å². The molecule has 4 rings (SSSR count). The number of halogens is 1. The molecule has 0 atom stereocenters. The van der Waals surface area contributed by atoms with Crippen LogP contribution in [0.2, 0.25) is 0 Å². The van der Waals surface area contributed by atoms with E-state index in [9.17, 15) is 14.0 Å². The first kappa shape index (κ1) is 20.2. The summed E-state index contributed by atoms with van der Waals surface area (Å²) in [6.45, 7) is 5.88. The van der Waals surface area contributed by atoms with Gasteiger partial charge < -0.3 is 19.3 Å². The monoisotopic (exact) mass is 412 g/mol. The van der Waals surface area contributed by atoms with E-state index in [0.29, 0.717) is 17.8 Å². The van der Waals surface area contributed by atoms with E-state index in [4.69, 9.17) is 9.47 Å². The average Bonchev–Trinajstić information content (AvgIpc) is 2.89. The highest BCUT2D eigenvalue weighted by Crippen LogP contribution is 2.49. The lowest BCUT2D eigenvalue weighted by molar-refractivity contribution is -0.129. The molecule has 2 aliphatic rings. The molecule has 1 spiro atoms. The van der Waals surface area contributed by atoms with Crippen LogP contribution in [0.25, 0.3) is 0 Å². The Labute approximate surface area is 175 Å². The highest BCUT2D eigenvalue weighted by Gasteiger charge is 2.61. The molecule has 30 heavy (non-hydrogen) atoms. The van der Waals surface area contributed by atoms with Gasteiger partial charge in [0.05, 0.1) is 19.3 Å². The Morgan fingerprint density at radius 1 is 1.13 bits per heavy atom. The predicted molar refractivity (Wildman–Crippen MR) is 110 cm³/mol. The van der Waals surface area contributed by atoms with Crippen LogP contribution in [0, 0.1) is 5.82 Å². The second-order valence-corrected chi connectivity index (χ2v) is 8.79. The lowest BCUT2D eigenvalue weighted by Gasteiger charge is -2.46. The van der Waals surface area contributed by atoms with Gasteiger partial charge in [0.1, 0.15) is 22.6 Å². The molecule has 2 amide bonds. The van der Waals surface area contributed by atoms with Gasteiger partial charge in [0.2, 0.25) is 5.91 Å². The molecular formula is C23H25FN2O4. The lowest BCUT2D eigenvalue weighted by Crippen LogP contribution is -2.65. The molecule has 7 heteroatoms. The van der Waals surface area contributed by atoms with Crippen LogP contribution in [0.5, 0.6) is 5.75 Å². The number of hydrogen-bond donors (Lipinski definition) is 0. The van der Waals surface area contributed by atoms with Gasteiger partial charge in [-0.2, -0.15) is 0 Å². The number of benzene rings is 2. The fraction of sp³-hybridized carbons (Fsp3) is 0.391. The normalized spacial score (nSPS) is 17.0. The van der Waals surface area contributed by atoms with E-state index < -0.39 is 22.9 Å². The fourth-order valence-electron chi connectivity index (χ4n) is 4.11. The third-order valence-electron chi connectivity index (χ3n) is 5.49. The van der Waals surface area contributed by atoms with E-state index in [-0.39, 0.29) is 19.0 Å². The van der Waals surface area contributed by atoms with Crippen LogP contribution in [0.3, 0.4) is 0 Å². The zero-order valence-corrected chi connectivity index (χ0v) is 17.6. The fourth-order valence-corrected chi connectivity index (χ4v) is 4.11. The molecule has 6 nitrogen and oxygen atoms in total. The number of methoxy groups -OCH3 is 1. The van der Waals surface area contributed by atoms with E-state index >= 15 is 0 Å². The number of anilines is 1. The summed E-state index contributed by atoms with van der Waals surface area (Å²) >= 11 is 0. The molecule has 0 bridgehead atoms. The van der Waals surface area contributed by atoms with Gasteiger partial charge in [-0.3, -0.25) is 4.79 Å². The molecule has 2 heterocycles. The van der Waals surface area contributed by atoms with Gasteiger partial charge >= 0.3 is 6.09 Å². The van der Waals surface area contributed by atoms with E-state index in [2.05, 4.69) is 0 Å². The third-order valence-corrected chi connectivity index (χ3v) is 5.49. The summed E-state index contributed by atoms with van der Waals surface area (Å²) in [6, 6.07) is 12.1. The van der Waals surface area contributed by atoms with Crippen molar-refractivity contribution in [2.45, 2.75) is 38.3 Å². The van der Waals surface area contributed by atoms with Crippen LogP contribution >= 0.6 is 0 Å². The number of carbonyl (C=O) groups excluding carboxylic acids is 2. The third kappa shape index (κ3) is 3.28. The summed E-state index contributed by atoms with van der Waals surface area (Å²) in [5.74, 6) is 0.0987. The number of carbonyl (C=O) groups is 2. The highest BCUT2D eigenvalue weighted by molar-refractivity contribution is 6.10.